The van der Waals surface area contributed by atoms with E-state index in [9.17, 15) is 4.79 Å². The predicted molar refractivity (Wildman–Crippen MR) is 84.3 cm³/mol. The quantitative estimate of drug-likeness (QED) is 0.892. The monoisotopic (exact) mass is 303 g/mol. The number of aryl methyl sites for hydroxylation is 1. The van der Waals surface area contributed by atoms with Gasteiger partial charge in [-0.2, -0.15) is 0 Å². The van der Waals surface area contributed by atoms with E-state index in [1.165, 1.54) is 9.75 Å². The molecule has 0 radical (unpaired) electrons. The van der Waals surface area contributed by atoms with E-state index in [4.69, 9.17) is 0 Å². The van der Waals surface area contributed by atoms with Gasteiger partial charge in [0.25, 0.3) is 0 Å². The molecule has 0 bridgehead atoms. The number of imidazole rings is 1. The average Bonchev–Trinajstić information content (AvgIpc) is 2.87. The van der Waals surface area contributed by atoms with Gasteiger partial charge < -0.3 is 9.88 Å². The molecule has 2 heterocycles. The van der Waals surface area contributed by atoms with Crippen LogP contribution in [0, 0.1) is 18.8 Å². The number of hydrogen-bond acceptors (Lipinski definition) is 3. The van der Waals surface area contributed by atoms with Gasteiger partial charge >= 0.3 is 0 Å². The minimum absolute atomic E-state index is 0.184. The molecule has 2 aromatic rings. The Kier molecular flexibility index (Phi) is 4.10. The standard InChI is InChI=1S/C16H21N3OS/c1-11(9-19-6-5-17-10-19)8-18-16(20)14-7-13(14)15-4-3-12(2)21-15/h3-6,10-11,13-14H,7-9H2,1-2H3,(H,18,20)/t11-,13-,14-/m1/s1. The van der Waals surface area contributed by atoms with Crippen LogP contribution in [0.2, 0.25) is 0 Å². The third-order valence-corrected chi connectivity index (χ3v) is 5.09. The maximum absolute atomic E-state index is 12.2. The highest BCUT2D eigenvalue weighted by Crippen LogP contribution is 2.49. The summed E-state index contributed by atoms with van der Waals surface area (Å²) in [7, 11) is 0. The number of rotatable bonds is 6. The summed E-state index contributed by atoms with van der Waals surface area (Å²) in [6.45, 7) is 5.87. The summed E-state index contributed by atoms with van der Waals surface area (Å²) < 4.78 is 2.05. The lowest BCUT2D eigenvalue weighted by atomic mass is 10.1. The van der Waals surface area contributed by atoms with Gasteiger partial charge in [-0.05, 0) is 31.4 Å². The van der Waals surface area contributed by atoms with Gasteiger partial charge in [0, 0.05) is 47.1 Å². The third-order valence-electron chi connectivity index (χ3n) is 3.96. The minimum Gasteiger partial charge on any atom is -0.356 e. The van der Waals surface area contributed by atoms with Gasteiger partial charge in [0.1, 0.15) is 0 Å². The van der Waals surface area contributed by atoms with Crippen molar-refractivity contribution in [1.82, 2.24) is 14.9 Å². The van der Waals surface area contributed by atoms with Crippen molar-refractivity contribution < 1.29 is 4.79 Å². The van der Waals surface area contributed by atoms with Crippen molar-refractivity contribution in [3.05, 3.63) is 40.6 Å². The molecule has 1 amide bonds. The van der Waals surface area contributed by atoms with Crippen LogP contribution in [0.25, 0.3) is 0 Å². The lowest BCUT2D eigenvalue weighted by molar-refractivity contribution is -0.122. The van der Waals surface area contributed by atoms with E-state index in [0.717, 1.165) is 19.5 Å². The van der Waals surface area contributed by atoms with Gasteiger partial charge in [0.15, 0.2) is 0 Å². The zero-order chi connectivity index (χ0) is 14.8. The van der Waals surface area contributed by atoms with Gasteiger partial charge in [-0.25, -0.2) is 4.98 Å². The lowest BCUT2D eigenvalue weighted by Gasteiger charge is -2.13. The summed E-state index contributed by atoms with van der Waals surface area (Å²) in [5.74, 6) is 1.25. The van der Waals surface area contributed by atoms with Crippen molar-refractivity contribution in [2.24, 2.45) is 11.8 Å². The molecule has 0 saturated heterocycles. The second-order valence-electron chi connectivity index (χ2n) is 6.01. The molecule has 1 saturated carbocycles. The Bertz CT molecular complexity index is 605. The van der Waals surface area contributed by atoms with E-state index < -0.39 is 0 Å². The molecule has 5 heteroatoms. The van der Waals surface area contributed by atoms with Gasteiger partial charge in [-0.3, -0.25) is 4.79 Å². The topological polar surface area (TPSA) is 46.9 Å². The van der Waals surface area contributed by atoms with Crippen LogP contribution < -0.4 is 5.32 Å². The molecule has 1 aliphatic carbocycles. The zero-order valence-corrected chi connectivity index (χ0v) is 13.3. The lowest BCUT2D eigenvalue weighted by Crippen LogP contribution is -2.31. The number of nitrogens with zero attached hydrogens (tertiary/aromatic N) is 2. The molecule has 0 spiro atoms. The van der Waals surface area contributed by atoms with Crippen LogP contribution in [0.15, 0.2) is 30.9 Å². The van der Waals surface area contributed by atoms with Crippen LogP contribution in [0.3, 0.4) is 0 Å². The van der Waals surface area contributed by atoms with Gasteiger partial charge in [0.05, 0.1) is 6.33 Å². The molecule has 4 nitrogen and oxygen atoms in total. The maximum atomic E-state index is 12.2. The fraction of sp³-hybridized carbons (Fsp3) is 0.500. The van der Waals surface area contributed by atoms with Gasteiger partial charge in [-0.15, -0.1) is 11.3 Å². The molecule has 3 atom stereocenters. The Balaban J connectivity index is 1.43. The predicted octanol–water partition coefficient (Wildman–Crippen LogP) is 2.81. The molecule has 1 fully saturated rings. The Hall–Kier alpha value is -1.62. The van der Waals surface area contributed by atoms with E-state index in [1.54, 1.807) is 6.20 Å². The Labute approximate surface area is 129 Å². The van der Waals surface area contributed by atoms with Crippen molar-refractivity contribution in [2.75, 3.05) is 6.54 Å². The minimum atomic E-state index is 0.184. The highest BCUT2D eigenvalue weighted by Gasteiger charge is 2.44. The molecule has 112 valence electrons. The summed E-state index contributed by atoms with van der Waals surface area (Å²) in [6.07, 6.45) is 6.55. The van der Waals surface area contributed by atoms with Crippen LogP contribution in [-0.2, 0) is 11.3 Å². The third kappa shape index (κ3) is 3.53. The van der Waals surface area contributed by atoms with E-state index in [1.807, 2.05) is 28.4 Å². The van der Waals surface area contributed by atoms with Crippen molar-refractivity contribution in [2.45, 2.75) is 32.7 Å². The number of hydrogen-bond donors (Lipinski definition) is 1. The van der Waals surface area contributed by atoms with Gasteiger partial charge in [0.2, 0.25) is 5.91 Å². The summed E-state index contributed by atoms with van der Waals surface area (Å²) in [5, 5.41) is 3.10. The molecule has 0 aliphatic heterocycles. The van der Waals surface area contributed by atoms with Gasteiger partial charge in [-0.1, -0.05) is 6.92 Å². The summed E-state index contributed by atoms with van der Waals surface area (Å²) in [5.41, 5.74) is 0. The number of thiophene rings is 1. The first-order valence-electron chi connectivity index (χ1n) is 7.43. The normalized spacial score (nSPS) is 22.0. The molecule has 21 heavy (non-hydrogen) atoms. The first-order valence-corrected chi connectivity index (χ1v) is 8.25. The maximum Gasteiger partial charge on any atom is 0.223 e. The fourth-order valence-electron chi connectivity index (χ4n) is 2.68. The first kappa shape index (κ1) is 14.3. The highest BCUT2D eigenvalue weighted by atomic mass is 32.1. The fourth-order valence-corrected chi connectivity index (χ4v) is 3.73. The molecule has 1 N–H and O–H groups in total. The Morgan fingerprint density at radius 1 is 1.57 bits per heavy atom. The SMILES string of the molecule is Cc1ccc([C@@H]2C[C@H]2C(=O)NC[C@@H](C)Cn2ccnc2)s1. The molecule has 1 aliphatic rings. The van der Waals surface area contributed by atoms with Crippen LogP contribution in [0.4, 0.5) is 0 Å². The van der Waals surface area contributed by atoms with E-state index in [-0.39, 0.29) is 11.8 Å². The summed E-state index contributed by atoms with van der Waals surface area (Å²) in [4.78, 5) is 18.9. The smallest absolute Gasteiger partial charge is 0.223 e. The van der Waals surface area contributed by atoms with Crippen LogP contribution in [-0.4, -0.2) is 22.0 Å². The van der Waals surface area contributed by atoms with Crippen molar-refractivity contribution in [3.63, 3.8) is 0 Å². The first-order chi connectivity index (χ1) is 10.1. The second-order valence-corrected chi connectivity index (χ2v) is 7.33. The summed E-state index contributed by atoms with van der Waals surface area (Å²) in [6, 6.07) is 4.31. The molecular formula is C16H21N3OS. The highest BCUT2D eigenvalue weighted by molar-refractivity contribution is 7.12. The zero-order valence-electron chi connectivity index (χ0n) is 12.5. The van der Waals surface area contributed by atoms with Crippen molar-refractivity contribution in [3.8, 4) is 0 Å². The van der Waals surface area contributed by atoms with E-state index >= 15 is 0 Å². The second kappa shape index (κ2) is 6.02. The van der Waals surface area contributed by atoms with Crippen molar-refractivity contribution in [1.29, 1.82) is 0 Å². The molecule has 3 rings (SSSR count). The van der Waals surface area contributed by atoms with E-state index in [2.05, 4.69) is 36.3 Å². The van der Waals surface area contributed by atoms with Crippen LogP contribution in [0.1, 0.15) is 29.0 Å². The number of amides is 1. The van der Waals surface area contributed by atoms with Crippen LogP contribution in [0.5, 0.6) is 0 Å². The van der Waals surface area contributed by atoms with Crippen molar-refractivity contribution >= 4 is 17.2 Å². The summed E-state index contributed by atoms with van der Waals surface area (Å²) >= 11 is 1.82. The number of carbonyl (C=O) groups is 1. The Morgan fingerprint density at radius 2 is 2.43 bits per heavy atom. The number of carbonyl (C=O) groups excluding carboxylic acids is 1. The molecule has 0 unspecified atom stereocenters. The number of aromatic nitrogens is 2. The van der Waals surface area contributed by atoms with Crippen LogP contribution >= 0.6 is 11.3 Å². The van der Waals surface area contributed by atoms with E-state index in [0.29, 0.717) is 11.8 Å². The molecule has 2 aromatic heterocycles. The average molecular weight is 303 g/mol. The molecule has 0 aromatic carbocycles. The largest absolute Gasteiger partial charge is 0.356 e. The Morgan fingerprint density at radius 3 is 3.10 bits per heavy atom. The number of nitrogens with one attached hydrogen (secondary N) is 1. The molecular weight excluding hydrogens is 282 g/mol.